The Morgan fingerprint density at radius 1 is 1.50 bits per heavy atom. The minimum absolute atomic E-state index is 0.0520. The highest BCUT2D eigenvalue weighted by Crippen LogP contribution is 2.19. The van der Waals surface area contributed by atoms with Gasteiger partial charge in [-0.15, -0.1) is 0 Å². The number of fused-ring (bicyclic) bond motifs is 1. The average molecular weight is 249 g/mol. The lowest BCUT2D eigenvalue weighted by atomic mass is 10.3. The Morgan fingerprint density at radius 2 is 2.22 bits per heavy atom. The van der Waals surface area contributed by atoms with E-state index in [4.69, 9.17) is 5.73 Å². The van der Waals surface area contributed by atoms with Crippen LogP contribution in [0.1, 0.15) is 6.92 Å². The molecule has 0 saturated heterocycles. The van der Waals surface area contributed by atoms with Gasteiger partial charge in [-0.1, -0.05) is 0 Å². The van der Waals surface area contributed by atoms with Crippen molar-refractivity contribution < 1.29 is 4.79 Å². The monoisotopic (exact) mass is 249 g/mol. The Bertz CT molecular complexity index is 577. The average Bonchev–Trinajstić information content (AvgIpc) is 2.75. The zero-order valence-corrected chi connectivity index (χ0v) is 10.4. The second-order valence-electron chi connectivity index (χ2n) is 4.16. The maximum Gasteiger partial charge on any atom is 0.244 e. The van der Waals surface area contributed by atoms with E-state index >= 15 is 0 Å². The maximum absolute atomic E-state index is 11.8. The van der Waals surface area contributed by atoms with E-state index in [0.717, 1.165) is 0 Å². The molecule has 0 aliphatic rings. The number of aromatic amines is 1. The van der Waals surface area contributed by atoms with Crippen LogP contribution in [0.3, 0.4) is 0 Å². The van der Waals surface area contributed by atoms with Crippen molar-refractivity contribution in [3.05, 3.63) is 6.20 Å². The van der Waals surface area contributed by atoms with Gasteiger partial charge in [-0.2, -0.15) is 15.1 Å². The number of nitrogens with one attached hydrogen (secondary N) is 2. The molecular weight excluding hydrogens is 234 g/mol. The number of carbonyl (C=O) groups excluding carboxylic acids is 1. The first-order valence-electron chi connectivity index (χ1n) is 5.43. The van der Waals surface area contributed by atoms with Crippen molar-refractivity contribution in [2.24, 2.45) is 0 Å². The molecule has 8 heteroatoms. The Labute approximate surface area is 104 Å². The first-order valence-corrected chi connectivity index (χ1v) is 5.43. The molecule has 0 aliphatic heterocycles. The van der Waals surface area contributed by atoms with Gasteiger partial charge in [0, 0.05) is 14.1 Å². The largest absolute Gasteiger partial charge is 0.368 e. The lowest BCUT2D eigenvalue weighted by Crippen LogP contribution is -2.36. The molecule has 8 nitrogen and oxygen atoms in total. The van der Waals surface area contributed by atoms with E-state index in [1.165, 1.54) is 4.90 Å². The van der Waals surface area contributed by atoms with Crippen LogP contribution in [0.2, 0.25) is 0 Å². The van der Waals surface area contributed by atoms with Crippen LogP contribution in [0, 0.1) is 0 Å². The number of likely N-dealkylation sites (N-methyl/N-ethyl adjacent to an activating group) is 1. The number of nitrogens with zero attached hydrogens (tertiary/aromatic N) is 4. The van der Waals surface area contributed by atoms with Crippen molar-refractivity contribution in [3.8, 4) is 0 Å². The van der Waals surface area contributed by atoms with Crippen LogP contribution < -0.4 is 11.1 Å². The van der Waals surface area contributed by atoms with Gasteiger partial charge in [0.05, 0.1) is 11.6 Å². The van der Waals surface area contributed by atoms with Crippen molar-refractivity contribution >= 4 is 28.7 Å². The third kappa shape index (κ3) is 2.17. The molecule has 0 bridgehead atoms. The Kier molecular flexibility index (Phi) is 3.00. The lowest BCUT2D eigenvalue weighted by Gasteiger charge is -2.18. The minimum Gasteiger partial charge on any atom is -0.368 e. The summed E-state index contributed by atoms with van der Waals surface area (Å²) < 4.78 is 0. The number of rotatable bonds is 3. The second kappa shape index (κ2) is 4.47. The zero-order valence-electron chi connectivity index (χ0n) is 10.4. The smallest absolute Gasteiger partial charge is 0.244 e. The summed E-state index contributed by atoms with van der Waals surface area (Å²) in [6.07, 6.45) is 1.59. The number of aromatic nitrogens is 4. The van der Waals surface area contributed by atoms with Crippen LogP contribution in [-0.4, -0.2) is 51.1 Å². The summed E-state index contributed by atoms with van der Waals surface area (Å²) in [4.78, 5) is 21.4. The van der Waals surface area contributed by atoms with E-state index in [0.29, 0.717) is 16.9 Å². The van der Waals surface area contributed by atoms with E-state index in [1.807, 2.05) is 0 Å². The van der Waals surface area contributed by atoms with Gasteiger partial charge in [-0.3, -0.25) is 9.89 Å². The summed E-state index contributed by atoms with van der Waals surface area (Å²) in [5.74, 6) is 0.566. The molecule has 2 rings (SSSR count). The first kappa shape index (κ1) is 12.1. The number of amides is 1. The number of carbonyl (C=O) groups is 1. The fourth-order valence-electron chi connectivity index (χ4n) is 1.62. The summed E-state index contributed by atoms with van der Waals surface area (Å²) >= 11 is 0. The van der Waals surface area contributed by atoms with Crippen LogP contribution >= 0.6 is 0 Å². The molecule has 96 valence electrons. The molecule has 1 atom stereocenters. The molecule has 18 heavy (non-hydrogen) atoms. The molecule has 0 spiro atoms. The zero-order chi connectivity index (χ0) is 13.3. The quantitative estimate of drug-likeness (QED) is 0.695. The summed E-state index contributed by atoms with van der Waals surface area (Å²) in [6.45, 7) is 1.76. The highest BCUT2D eigenvalue weighted by atomic mass is 16.2. The highest BCUT2D eigenvalue weighted by Gasteiger charge is 2.17. The van der Waals surface area contributed by atoms with E-state index in [-0.39, 0.29) is 11.9 Å². The highest BCUT2D eigenvalue weighted by molar-refractivity contribution is 5.90. The normalized spacial score (nSPS) is 12.4. The van der Waals surface area contributed by atoms with Crippen molar-refractivity contribution in [3.63, 3.8) is 0 Å². The van der Waals surface area contributed by atoms with Gasteiger partial charge in [0.15, 0.2) is 5.65 Å². The van der Waals surface area contributed by atoms with Gasteiger partial charge in [-0.05, 0) is 6.92 Å². The van der Waals surface area contributed by atoms with E-state index in [2.05, 4.69) is 25.5 Å². The molecule has 2 aromatic heterocycles. The molecule has 0 aliphatic carbocycles. The van der Waals surface area contributed by atoms with Gasteiger partial charge < -0.3 is 16.0 Å². The standard InChI is InChI=1S/C10H15N7O/c1-5(9(18)17(2)3)13-7-6-4-12-16-8(6)15-10(11)14-7/h4-5H,1-3H3,(H4,11,12,13,14,15,16). The topological polar surface area (TPSA) is 113 Å². The molecule has 0 saturated carbocycles. The lowest BCUT2D eigenvalue weighted by molar-refractivity contribution is -0.129. The summed E-state index contributed by atoms with van der Waals surface area (Å²) in [7, 11) is 3.39. The molecule has 1 amide bonds. The van der Waals surface area contributed by atoms with Crippen molar-refractivity contribution in [1.29, 1.82) is 0 Å². The first-order chi connectivity index (χ1) is 8.49. The number of hydrogen-bond donors (Lipinski definition) is 3. The summed E-state index contributed by atoms with van der Waals surface area (Å²) in [5.41, 5.74) is 6.13. The van der Waals surface area contributed by atoms with Gasteiger partial charge in [0.25, 0.3) is 0 Å². The fourth-order valence-corrected chi connectivity index (χ4v) is 1.62. The molecule has 0 radical (unpaired) electrons. The SMILES string of the molecule is CC(Nc1nc(N)nc2[nH]ncc12)C(=O)N(C)C. The predicted molar refractivity (Wildman–Crippen MR) is 67.9 cm³/mol. The molecule has 2 aromatic rings. The summed E-state index contributed by atoms with van der Waals surface area (Å²) in [6, 6.07) is -0.410. The van der Waals surface area contributed by atoms with Crippen LogP contribution in [0.15, 0.2) is 6.20 Å². The van der Waals surface area contributed by atoms with Gasteiger partial charge in [0.2, 0.25) is 11.9 Å². The molecule has 4 N–H and O–H groups in total. The van der Waals surface area contributed by atoms with E-state index < -0.39 is 6.04 Å². The predicted octanol–water partition coefficient (Wildman–Crippen LogP) is -0.176. The van der Waals surface area contributed by atoms with Crippen LogP contribution in [-0.2, 0) is 4.79 Å². The van der Waals surface area contributed by atoms with Gasteiger partial charge in [0.1, 0.15) is 11.9 Å². The molecule has 0 aromatic carbocycles. The van der Waals surface area contributed by atoms with Gasteiger partial charge >= 0.3 is 0 Å². The van der Waals surface area contributed by atoms with Crippen LogP contribution in [0.5, 0.6) is 0 Å². The Morgan fingerprint density at radius 3 is 2.89 bits per heavy atom. The van der Waals surface area contributed by atoms with Crippen molar-refractivity contribution in [2.75, 3.05) is 25.1 Å². The van der Waals surface area contributed by atoms with Crippen molar-refractivity contribution in [1.82, 2.24) is 25.1 Å². The number of hydrogen-bond acceptors (Lipinski definition) is 6. The maximum atomic E-state index is 11.8. The second-order valence-corrected chi connectivity index (χ2v) is 4.16. The number of H-pyrrole nitrogens is 1. The molecule has 1 unspecified atom stereocenters. The molecular formula is C10H15N7O. The molecule has 0 fully saturated rings. The van der Waals surface area contributed by atoms with Gasteiger partial charge in [-0.25, -0.2) is 0 Å². The third-order valence-electron chi connectivity index (χ3n) is 2.49. The fraction of sp³-hybridized carbons (Fsp3) is 0.400. The Balaban J connectivity index is 2.31. The summed E-state index contributed by atoms with van der Waals surface area (Å²) in [5, 5.41) is 10.3. The minimum atomic E-state index is -0.410. The Hall–Kier alpha value is -2.38. The van der Waals surface area contributed by atoms with E-state index in [9.17, 15) is 4.79 Å². The van der Waals surface area contributed by atoms with Crippen LogP contribution in [0.4, 0.5) is 11.8 Å². The van der Waals surface area contributed by atoms with E-state index in [1.54, 1.807) is 27.2 Å². The number of nitrogen functional groups attached to an aromatic ring is 1. The van der Waals surface area contributed by atoms with Crippen LogP contribution in [0.25, 0.3) is 11.0 Å². The third-order valence-corrected chi connectivity index (χ3v) is 2.49. The van der Waals surface area contributed by atoms with Crippen molar-refractivity contribution in [2.45, 2.75) is 13.0 Å². The number of nitrogens with two attached hydrogens (primary N) is 1. The number of anilines is 2. The molecule has 2 heterocycles.